The number of halogens is 2. The van der Waals surface area contributed by atoms with Crippen LogP contribution in [0.2, 0.25) is 0 Å². The average molecular weight is 578 g/mol. The number of likely N-dealkylation sites (tertiary alicyclic amines) is 1. The number of hydrogen-bond acceptors (Lipinski definition) is 6. The van der Waals surface area contributed by atoms with E-state index in [0.717, 1.165) is 43.8 Å². The average Bonchev–Trinajstić information content (AvgIpc) is 2.88. The predicted octanol–water partition coefficient (Wildman–Crippen LogP) is 4.16. The van der Waals surface area contributed by atoms with Gasteiger partial charge in [0, 0.05) is 30.5 Å². The lowest BCUT2D eigenvalue weighted by molar-refractivity contribution is 0.182. The summed E-state index contributed by atoms with van der Waals surface area (Å²) in [7, 11) is -6.98. The predicted molar refractivity (Wildman–Crippen MR) is 148 cm³/mol. The topological polar surface area (TPSA) is 110 Å². The lowest BCUT2D eigenvalue weighted by Crippen LogP contribution is -2.39. The molecule has 0 saturated carbocycles. The molecule has 1 aliphatic rings. The third-order valence-electron chi connectivity index (χ3n) is 7.19. The van der Waals surface area contributed by atoms with Crippen molar-refractivity contribution >= 4 is 25.5 Å². The van der Waals surface area contributed by atoms with E-state index in [9.17, 15) is 25.6 Å². The summed E-state index contributed by atoms with van der Waals surface area (Å²) in [5.74, 6) is -1.45. The molecular formula is C28H33F2N3O4S2. The van der Waals surface area contributed by atoms with Crippen LogP contribution in [0.25, 0.3) is 0 Å². The van der Waals surface area contributed by atoms with Crippen molar-refractivity contribution in [3.8, 4) is 0 Å². The molecule has 0 aromatic heterocycles. The Labute approximate surface area is 229 Å². The molecule has 0 amide bonds. The molecule has 1 heterocycles. The lowest BCUT2D eigenvalue weighted by Gasteiger charge is -2.33. The number of rotatable bonds is 10. The van der Waals surface area contributed by atoms with Gasteiger partial charge in [-0.25, -0.2) is 30.3 Å². The van der Waals surface area contributed by atoms with Crippen LogP contribution in [0.15, 0.2) is 76.5 Å². The third-order valence-corrected chi connectivity index (χ3v) is 9.76. The normalized spacial score (nSPS) is 16.3. The van der Waals surface area contributed by atoms with Crippen molar-refractivity contribution < 1.29 is 25.6 Å². The Morgan fingerprint density at radius 2 is 1.44 bits per heavy atom. The van der Waals surface area contributed by atoms with E-state index in [1.165, 1.54) is 36.4 Å². The van der Waals surface area contributed by atoms with Gasteiger partial charge in [0.05, 0.1) is 9.79 Å². The van der Waals surface area contributed by atoms with Gasteiger partial charge in [-0.3, -0.25) is 0 Å². The second kappa shape index (κ2) is 12.1. The zero-order valence-electron chi connectivity index (χ0n) is 21.7. The second-order valence-electron chi connectivity index (χ2n) is 10.1. The van der Waals surface area contributed by atoms with E-state index in [4.69, 9.17) is 5.73 Å². The van der Waals surface area contributed by atoms with E-state index in [-0.39, 0.29) is 21.6 Å². The summed E-state index contributed by atoms with van der Waals surface area (Å²) in [6.07, 6.45) is 3.34. The quantitative estimate of drug-likeness (QED) is 0.350. The number of nitrogens with zero attached hydrogens (tertiary/aromatic N) is 1. The molecule has 0 radical (unpaired) electrons. The molecule has 7 nitrogen and oxygen atoms in total. The smallest absolute Gasteiger partial charge is 0.240 e. The Hall–Kier alpha value is -2.86. The Bertz CT molecular complexity index is 1470. The Balaban J connectivity index is 1.37. The first kappa shape index (κ1) is 29.1. The van der Waals surface area contributed by atoms with Gasteiger partial charge in [0.1, 0.15) is 11.6 Å². The molecule has 39 heavy (non-hydrogen) atoms. The van der Waals surface area contributed by atoms with Gasteiger partial charge in [-0.05, 0) is 104 Å². The van der Waals surface area contributed by atoms with Crippen LogP contribution in [-0.2, 0) is 19.9 Å². The molecule has 0 spiro atoms. The summed E-state index contributed by atoms with van der Waals surface area (Å²) < 4.78 is 79.7. The lowest BCUT2D eigenvalue weighted by atomic mass is 9.87. The minimum atomic E-state index is -3.61. The largest absolute Gasteiger partial charge is 0.399 e. The number of sulfone groups is 1. The van der Waals surface area contributed by atoms with Crippen LogP contribution in [0.4, 0.5) is 14.5 Å². The molecule has 3 aromatic carbocycles. The van der Waals surface area contributed by atoms with E-state index in [1.807, 2.05) is 0 Å². The first-order valence-corrected chi connectivity index (χ1v) is 16.1. The highest BCUT2D eigenvalue weighted by Crippen LogP contribution is 2.31. The molecule has 11 heteroatoms. The summed E-state index contributed by atoms with van der Waals surface area (Å²) in [5.41, 5.74) is 7.41. The number of hydrogen-bond donors (Lipinski definition) is 2. The summed E-state index contributed by atoms with van der Waals surface area (Å²) in [6, 6.07) is 16.0. The molecule has 1 aliphatic heterocycles. The Kier molecular flexibility index (Phi) is 9.05. The summed E-state index contributed by atoms with van der Waals surface area (Å²) in [5, 5.41) is 0. The van der Waals surface area contributed by atoms with Gasteiger partial charge < -0.3 is 10.6 Å². The maximum absolute atomic E-state index is 14.1. The summed E-state index contributed by atoms with van der Waals surface area (Å²) in [6.45, 7) is 2.55. The first-order chi connectivity index (χ1) is 18.4. The fourth-order valence-corrected chi connectivity index (χ4v) is 6.68. The van der Waals surface area contributed by atoms with Crippen molar-refractivity contribution in [2.45, 2.75) is 35.0 Å². The number of benzene rings is 3. The Morgan fingerprint density at radius 3 is 2.00 bits per heavy atom. The van der Waals surface area contributed by atoms with E-state index >= 15 is 0 Å². The first-order valence-electron chi connectivity index (χ1n) is 12.7. The minimum Gasteiger partial charge on any atom is -0.399 e. The number of nitrogens with one attached hydrogen (secondary N) is 1. The highest BCUT2D eigenvalue weighted by molar-refractivity contribution is 7.90. The van der Waals surface area contributed by atoms with Crippen LogP contribution in [0.3, 0.4) is 0 Å². The van der Waals surface area contributed by atoms with Crippen molar-refractivity contribution in [1.82, 2.24) is 9.62 Å². The maximum Gasteiger partial charge on any atom is 0.240 e. The third kappa shape index (κ3) is 7.84. The van der Waals surface area contributed by atoms with Crippen molar-refractivity contribution in [2.75, 3.05) is 38.2 Å². The molecule has 210 valence electrons. The van der Waals surface area contributed by atoms with Gasteiger partial charge in [-0.2, -0.15) is 0 Å². The molecule has 1 atom stereocenters. The molecule has 3 aromatic rings. The summed E-state index contributed by atoms with van der Waals surface area (Å²) in [4.78, 5) is 2.63. The molecule has 1 saturated heterocycles. The Morgan fingerprint density at radius 1 is 0.872 bits per heavy atom. The number of piperidine rings is 1. The van der Waals surface area contributed by atoms with Crippen LogP contribution in [-0.4, -0.2) is 54.2 Å². The fourth-order valence-electron chi connectivity index (χ4n) is 4.93. The standard InChI is InChI=1S/C28H33F2N3O4S2/c1-38(34,35)26-6-2-21(3-7-26)28(22-16-23(29)18-24(30)17-22)12-15-33-13-10-20(11-14-33)19-32-39(36,37)27-8-4-25(31)5-9-27/h2-9,16-18,20,28,32H,10-15,19,31H2,1H3. The molecule has 4 rings (SSSR count). The van der Waals surface area contributed by atoms with E-state index in [1.54, 1.807) is 24.3 Å². The number of anilines is 1. The zero-order chi connectivity index (χ0) is 28.2. The van der Waals surface area contributed by atoms with E-state index < -0.39 is 31.5 Å². The van der Waals surface area contributed by atoms with Gasteiger partial charge in [-0.15, -0.1) is 0 Å². The molecule has 0 aliphatic carbocycles. The number of nitrogens with two attached hydrogens (primary N) is 1. The molecule has 1 fully saturated rings. The fraction of sp³-hybridized carbons (Fsp3) is 0.357. The zero-order valence-corrected chi connectivity index (χ0v) is 23.3. The van der Waals surface area contributed by atoms with Gasteiger partial charge >= 0.3 is 0 Å². The molecule has 0 bridgehead atoms. The van der Waals surface area contributed by atoms with Gasteiger partial charge in [-0.1, -0.05) is 12.1 Å². The SMILES string of the molecule is CS(=O)(=O)c1ccc(C(CCN2CCC(CNS(=O)(=O)c3ccc(N)cc3)CC2)c2cc(F)cc(F)c2)cc1. The molecule has 1 unspecified atom stereocenters. The monoisotopic (exact) mass is 577 g/mol. The van der Waals surface area contributed by atoms with Crippen LogP contribution in [0, 0.1) is 17.6 Å². The van der Waals surface area contributed by atoms with E-state index in [2.05, 4.69) is 9.62 Å². The maximum atomic E-state index is 14.1. The van der Waals surface area contributed by atoms with Crippen LogP contribution in [0.1, 0.15) is 36.3 Å². The van der Waals surface area contributed by atoms with Gasteiger partial charge in [0.2, 0.25) is 10.0 Å². The second-order valence-corrected chi connectivity index (χ2v) is 13.9. The highest BCUT2D eigenvalue weighted by atomic mass is 32.2. The van der Waals surface area contributed by atoms with Crippen LogP contribution >= 0.6 is 0 Å². The summed E-state index contributed by atoms with van der Waals surface area (Å²) >= 11 is 0. The van der Waals surface area contributed by atoms with Crippen LogP contribution in [0.5, 0.6) is 0 Å². The number of sulfonamides is 1. The van der Waals surface area contributed by atoms with E-state index in [0.29, 0.717) is 30.8 Å². The van der Waals surface area contributed by atoms with Gasteiger partial charge in [0.25, 0.3) is 0 Å². The van der Waals surface area contributed by atoms with Crippen molar-refractivity contribution in [3.05, 3.63) is 89.5 Å². The highest BCUT2D eigenvalue weighted by Gasteiger charge is 2.24. The number of nitrogen functional groups attached to an aromatic ring is 1. The molecule has 3 N–H and O–H groups in total. The van der Waals surface area contributed by atoms with Crippen molar-refractivity contribution in [1.29, 1.82) is 0 Å². The van der Waals surface area contributed by atoms with Crippen LogP contribution < -0.4 is 10.5 Å². The van der Waals surface area contributed by atoms with Crippen molar-refractivity contribution in [2.24, 2.45) is 5.92 Å². The van der Waals surface area contributed by atoms with Crippen molar-refractivity contribution in [3.63, 3.8) is 0 Å². The van der Waals surface area contributed by atoms with Gasteiger partial charge in [0.15, 0.2) is 9.84 Å². The minimum absolute atomic E-state index is 0.179. The molecular weight excluding hydrogens is 544 g/mol.